The van der Waals surface area contributed by atoms with E-state index in [9.17, 15) is 4.79 Å². The number of hydrogen-bond acceptors (Lipinski definition) is 7. The van der Waals surface area contributed by atoms with Crippen molar-refractivity contribution in [3.05, 3.63) is 35.7 Å². The van der Waals surface area contributed by atoms with Crippen molar-refractivity contribution in [2.75, 3.05) is 31.2 Å². The van der Waals surface area contributed by atoms with Gasteiger partial charge in [0.05, 0.1) is 5.75 Å². The lowest BCUT2D eigenvalue weighted by molar-refractivity contribution is -0.119. The minimum Gasteiger partial charge on any atom is -0.486 e. The second-order valence-electron chi connectivity index (χ2n) is 8.90. The summed E-state index contributed by atoms with van der Waals surface area (Å²) in [6.07, 6.45) is 1.99. The summed E-state index contributed by atoms with van der Waals surface area (Å²) in [4.78, 5) is 14.7. The molecule has 0 spiro atoms. The lowest BCUT2D eigenvalue weighted by atomic mass is 9.87. The van der Waals surface area contributed by atoms with Crippen LogP contribution in [-0.2, 0) is 16.8 Å². The van der Waals surface area contributed by atoms with Crippen molar-refractivity contribution in [1.82, 2.24) is 25.1 Å². The van der Waals surface area contributed by atoms with Crippen molar-refractivity contribution in [3.8, 4) is 5.75 Å². The molecule has 1 aromatic heterocycles. The van der Waals surface area contributed by atoms with Gasteiger partial charge in [-0.05, 0) is 42.5 Å². The average Bonchev–Trinajstić information content (AvgIpc) is 3.10. The Morgan fingerprint density at radius 3 is 2.52 bits per heavy atom. The molecule has 170 valence electrons. The molecule has 3 rings (SSSR count). The summed E-state index contributed by atoms with van der Waals surface area (Å²) in [6.45, 7) is 12.0. The molecule has 0 unspecified atom stereocenters. The summed E-state index contributed by atoms with van der Waals surface area (Å²) >= 11 is 1.28. The number of aromatic nitrogens is 3. The quantitative estimate of drug-likeness (QED) is 0.475. The fourth-order valence-electron chi connectivity index (χ4n) is 3.50. The van der Waals surface area contributed by atoms with Crippen molar-refractivity contribution >= 4 is 17.7 Å². The molecule has 1 aliphatic heterocycles. The molecular formula is C22H34N6O2S. The fraction of sp³-hybridized carbons (Fsp3) is 0.591. The van der Waals surface area contributed by atoms with Crippen LogP contribution in [0.15, 0.2) is 29.4 Å². The summed E-state index contributed by atoms with van der Waals surface area (Å²) in [7, 11) is 0. The number of thioether (sulfide) groups is 1. The molecule has 0 saturated carbocycles. The Morgan fingerprint density at radius 1 is 1.23 bits per heavy atom. The second-order valence-corrected chi connectivity index (χ2v) is 9.84. The van der Waals surface area contributed by atoms with E-state index >= 15 is 0 Å². The number of benzene rings is 1. The van der Waals surface area contributed by atoms with Crippen LogP contribution in [0.2, 0.25) is 0 Å². The number of nitrogen functional groups attached to an aromatic ring is 1. The van der Waals surface area contributed by atoms with E-state index in [4.69, 9.17) is 10.6 Å². The number of hydrogen-bond donors (Lipinski definition) is 2. The Hall–Kier alpha value is -2.26. The SMILES string of the molecule is CCN1CCC(NC(=O)CSc2nnc(COc3ccc(C(C)(C)C)cc3)n2N)CC1. The second kappa shape index (κ2) is 10.4. The predicted molar refractivity (Wildman–Crippen MR) is 124 cm³/mol. The molecule has 1 aromatic carbocycles. The van der Waals surface area contributed by atoms with E-state index in [-0.39, 0.29) is 29.7 Å². The van der Waals surface area contributed by atoms with Gasteiger partial charge in [0.25, 0.3) is 0 Å². The summed E-state index contributed by atoms with van der Waals surface area (Å²) in [5.74, 6) is 7.62. The number of nitrogens with two attached hydrogens (primary N) is 1. The molecule has 0 bridgehead atoms. The molecule has 8 nitrogen and oxygen atoms in total. The number of amides is 1. The van der Waals surface area contributed by atoms with Crippen LogP contribution in [0.3, 0.4) is 0 Å². The maximum Gasteiger partial charge on any atom is 0.230 e. The maximum absolute atomic E-state index is 12.3. The van der Waals surface area contributed by atoms with Gasteiger partial charge in [0.15, 0.2) is 5.82 Å². The molecule has 9 heteroatoms. The smallest absolute Gasteiger partial charge is 0.230 e. The van der Waals surface area contributed by atoms with Gasteiger partial charge in [-0.3, -0.25) is 4.79 Å². The summed E-state index contributed by atoms with van der Waals surface area (Å²) in [5.41, 5.74) is 1.34. The number of piperidine rings is 1. The maximum atomic E-state index is 12.3. The van der Waals surface area contributed by atoms with Gasteiger partial charge in [0, 0.05) is 19.1 Å². The molecule has 1 fully saturated rings. The molecule has 1 amide bonds. The Balaban J connectivity index is 1.45. The molecule has 0 atom stereocenters. The highest BCUT2D eigenvalue weighted by Gasteiger charge is 2.20. The van der Waals surface area contributed by atoms with E-state index in [0.717, 1.165) is 38.2 Å². The predicted octanol–water partition coefficient (Wildman–Crippen LogP) is 2.56. The fourth-order valence-corrected chi connectivity index (χ4v) is 4.18. The molecule has 2 heterocycles. The van der Waals surface area contributed by atoms with Crippen molar-refractivity contribution in [2.45, 2.75) is 63.8 Å². The Kier molecular flexibility index (Phi) is 7.83. The minimum absolute atomic E-state index is 0.000290. The van der Waals surface area contributed by atoms with Crippen molar-refractivity contribution < 1.29 is 9.53 Å². The number of ether oxygens (including phenoxy) is 1. The third-order valence-corrected chi connectivity index (χ3v) is 6.50. The van der Waals surface area contributed by atoms with Crippen LogP contribution in [0.25, 0.3) is 0 Å². The number of likely N-dealkylation sites (tertiary alicyclic amines) is 1. The standard InChI is InChI=1S/C22H34N6O2S/c1-5-27-12-10-17(11-13-27)24-20(29)15-31-21-26-25-19(28(21)23)14-30-18-8-6-16(7-9-18)22(2,3)4/h6-9,17H,5,10-15,23H2,1-4H3,(H,24,29). The van der Waals surface area contributed by atoms with Crippen LogP contribution in [0.1, 0.15) is 51.9 Å². The molecule has 3 N–H and O–H groups in total. The van der Waals surface area contributed by atoms with Gasteiger partial charge in [0.1, 0.15) is 12.4 Å². The summed E-state index contributed by atoms with van der Waals surface area (Å²) in [6, 6.07) is 8.27. The molecule has 1 aliphatic rings. The highest BCUT2D eigenvalue weighted by atomic mass is 32.2. The third kappa shape index (κ3) is 6.61. The van der Waals surface area contributed by atoms with E-state index in [1.165, 1.54) is 22.0 Å². The first kappa shape index (κ1) is 23.4. The third-order valence-electron chi connectivity index (χ3n) is 5.56. The molecule has 31 heavy (non-hydrogen) atoms. The van der Waals surface area contributed by atoms with Crippen LogP contribution in [-0.4, -0.2) is 57.1 Å². The Labute approximate surface area is 188 Å². The summed E-state index contributed by atoms with van der Waals surface area (Å²) in [5, 5.41) is 11.8. The topological polar surface area (TPSA) is 98.3 Å². The minimum atomic E-state index is -0.000290. The zero-order valence-electron chi connectivity index (χ0n) is 18.9. The van der Waals surface area contributed by atoms with Crippen molar-refractivity contribution in [2.24, 2.45) is 0 Å². The van der Waals surface area contributed by atoms with Gasteiger partial charge >= 0.3 is 0 Å². The van der Waals surface area contributed by atoms with E-state index in [1.807, 2.05) is 12.1 Å². The van der Waals surface area contributed by atoms with Gasteiger partial charge < -0.3 is 20.8 Å². The first-order chi connectivity index (χ1) is 14.8. The van der Waals surface area contributed by atoms with Crippen LogP contribution >= 0.6 is 11.8 Å². The van der Waals surface area contributed by atoms with Gasteiger partial charge in [-0.15, -0.1) is 10.2 Å². The van der Waals surface area contributed by atoms with Crippen molar-refractivity contribution in [3.63, 3.8) is 0 Å². The first-order valence-electron chi connectivity index (χ1n) is 10.8. The first-order valence-corrected chi connectivity index (χ1v) is 11.8. The van der Waals surface area contributed by atoms with Gasteiger partial charge in [-0.25, -0.2) is 4.68 Å². The Bertz CT molecular complexity index is 854. The molecule has 0 aliphatic carbocycles. The van der Waals surface area contributed by atoms with Gasteiger partial charge in [0.2, 0.25) is 11.1 Å². The largest absolute Gasteiger partial charge is 0.486 e. The number of carbonyl (C=O) groups excluding carboxylic acids is 1. The number of nitrogens with zero attached hydrogens (tertiary/aromatic N) is 4. The van der Waals surface area contributed by atoms with E-state index in [0.29, 0.717) is 11.0 Å². The van der Waals surface area contributed by atoms with Crippen LogP contribution < -0.4 is 15.9 Å². The van der Waals surface area contributed by atoms with E-state index in [1.54, 1.807) is 0 Å². The summed E-state index contributed by atoms with van der Waals surface area (Å²) < 4.78 is 7.19. The highest BCUT2D eigenvalue weighted by molar-refractivity contribution is 7.99. The molecule has 0 radical (unpaired) electrons. The molecular weight excluding hydrogens is 412 g/mol. The Morgan fingerprint density at radius 2 is 1.90 bits per heavy atom. The van der Waals surface area contributed by atoms with Crippen molar-refractivity contribution in [1.29, 1.82) is 0 Å². The van der Waals surface area contributed by atoms with Gasteiger partial charge in [-0.2, -0.15) is 0 Å². The monoisotopic (exact) mass is 446 g/mol. The molecule has 1 saturated heterocycles. The average molecular weight is 447 g/mol. The van der Waals surface area contributed by atoms with Crippen LogP contribution in [0, 0.1) is 0 Å². The molecule has 2 aromatic rings. The lowest BCUT2D eigenvalue weighted by Crippen LogP contribution is -2.45. The zero-order valence-corrected chi connectivity index (χ0v) is 19.7. The van der Waals surface area contributed by atoms with Gasteiger partial charge in [-0.1, -0.05) is 51.6 Å². The number of nitrogens with one attached hydrogen (secondary N) is 1. The van der Waals surface area contributed by atoms with E-state index < -0.39 is 0 Å². The number of rotatable bonds is 8. The normalized spacial score (nSPS) is 15.7. The highest BCUT2D eigenvalue weighted by Crippen LogP contribution is 2.24. The lowest BCUT2D eigenvalue weighted by Gasteiger charge is -2.31. The number of carbonyl (C=O) groups is 1. The zero-order chi connectivity index (χ0) is 22.4. The van der Waals surface area contributed by atoms with Crippen LogP contribution in [0.4, 0.5) is 0 Å². The van der Waals surface area contributed by atoms with E-state index in [2.05, 4.69) is 60.2 Å². The van der Waals surface area contributed by atoms with Crippen LogP contribution in [0.5, 0.6) is 5.75 Å².